The van der Waals surface area contributed by atoms with Gasteiger partial charge in [0.15, 0.2) is 0 Å². The molecule has 0 atom stereocenters. The summed E-state index contributed by atoms with van der Waals surface area (Å²) in [7, 11) is -2.60. The van der Waals surface area contributed by atoms with E-state index in [9.17, 15) is 18.5 Å². The maximum atomic E-state index is 13.8. The predicted molar refractivity (Wildman–Crippen MR) is 124 cm³/mol. The second-order valence-corrected chi connectivity index (χ2v) is 9.04. The van der Waals surface area contributed by atoms with Crippen LogP contribution in [-0.4, -0.2) is 24.4 Å². The molecular formula is C23H17N3O5S. The topological polar surface area (TPSA) is 117 Å². The number of ether oxygens (including phenoxy) is 1. The van der Waals surface area contributed by atoms with Crippen LogP contribution in [0.15, 0.2) is 77.7 Å². The number of nitro groups is 1. The normalized spacial score (nSPS) is 11.9. The number of nitro benzene ring substituents is 1. The number of methoxy groups -OCH3 is 1. The Morgan fingerprint density at radius 1 is 0.906 bits per heavy atom. The molecule has 0 aliphatic carbocycles. The fourth-order valence-electron chi connectivity index (χ4n) is 4.19. The van der Waals surface area contributed by atoms with Crippen LogP contribution < -0.4 is 10.5 Å². The van der Waals surface area contributed by atoms with Crippen molar-refractivity contribution in [1.82, 2.24) is 3.97 Å². The van der Waals surface area contributed by atoms with Crippen molar-refractivity contribution in [2.45, 2.75) is 4.90 Å². The van der Waals surface area contributed by atoms with Crippen molar-refractivity contribution < 1.29 is 18.1 Å². The van der Waals surface area contributed by atoms with Crippen molar-refractivity contribution in [1.29, 1.82) is 0 Å². The number of rotatable bonds is 4. The van der Waals surface area contributed by atoms with Crippen molar-refractivity contribution in [3.8, 4) is 5.75 Å². The third-order valence-electron chi connectivity index (χ3n) is 5.56. The van der Waals surface area contributed by atoms with Crippen LogP contribution in [0.1, 0.15) is 0 Å². The summed E-state index contributed by atoms with van der Waals surface area (Å²) in [5, 5.41) is 13.6. The molecule has 0 saturated heterocycles. The van der Waals surface area contributed by atoms with Gasteiger partial charge in [-0.25, -0.2) is 12.4 Å². The van der Waals surface area contributed by atoms with E-state index in [1.165, 1.54) is 35.3 Å². The van der Waals surface area contributed by atoms with E-state index in [4.69, 9.17) is 10.5 Å². The van der Waals surface area contributed by atoms with Crippen LogP contribution in [0.2, 0.25) is 0 Å². The minimum atomic E-state index is -4.12. The van der Waals surface area contributed by atoms with Gasteiger partial charge in [0.1, 0.15) is 5.75 Å². The Kier molecular flexibility index (Phi) is 4.31. The molecule has 0 spiro atoms. The molecule has 160 valence electrons. The lowest BCUT2D eigenvalue weighted by molar-refractivity contribution is -0.384. The minimum absolute atomic E-state index is 0.0655. The lowest BCUT2D eigenvalue weighted by atomic mass is 10.0. The van der Waals surface area contributed by atoms with E-state index < -0.39 is 14.9 Å². The number of hydrogen-bond donors (Lipinski definition) is 1. The van der Waals surface area contributed by atoms with Gasteiger partial charge in [-0.3, -0.25) is 10.1 Å². The number of benzene rings is 4. The molecule has 0 fully saturated rings. The van der Waals surface area contributed by atoms with E-state index in [0.717, 1.165) is 0 Å². The lowest BCUT2D eigenvalue weighted by Gasteiger charge is -2.14. The number of nitrogens with two attached hydrogens (primary N) is 1. The van der Waals surface area contributed by atoms with Crippen LogP contribution in [0.25, 0.3) is 32.6 Å². The molecule has 0 aliphatic rings. The first-order valence-corrected chi connectivity index (χ1v) is 11.1. The lowest BCUT2D eigenvalue weighted by Crippen LogP contribution is -2.13. The quantitative estimate of drug-likeness (QED) is 0.243. The molecule has 0 saturated carbocycles. The van der Waals surface area contributed by atoms with Gasteiger partial charge in [0, 0.05) is 33.7 Å². The monoisotopic (exact) mass is 447 g/mol. The minimum Gasteiger partial charge on any atom is -0.494 e. The van der Waals surface area contributed by atoms with Crippen LogP contribution in [0.4, 0.5) is 11.4 Å². The van der Waals surface area contributed by atoms with Crippen molar-refractivity contribution >= 4 is 54.0 Å². The Morgan fingerprint density at radius 3 is 2.12 bits per heavy atom. The third kappa shape index (κ3) is 2.64. The van der Waals surface area contributed by atoms with Gasteiger partial charge in [0.25, 0.3) is 15.7 Å². The molecule has 1 aromatic heterocycles. The SMILES string of the molecule is COc1c(N)c2c3ccccc3n(S(=O)(=O)c3ccc([N+](=O)[O-])cc3)c2c2ccccc12. The summed E-state index contributed by atoms with van der Waals surface area (Å²) in [5.74, 6) is 0.476. The smallest absolute Gasteiger partial charge is 0.269 e. The molecule has 0 unspecified atom stereocenters. The van der Waals surface area contributed by atoms with Crippen LogP contribution in [0.5, 0.6) is 5.75 Å². The maximum Gasteiger partial charge on any atom is 0.269 e. The summed E-state index contributed by atoms with van der Waals surface area (Å²) in [6, 6.07) is 19.2. The number of non-ortho nitro benzene ring substituents is 1. The third-order valence-corrected chi connectivity index (χ3v) is 7.29. The van der Waals surface area contributed by atoms with Gasteiger partial charge < -0.3 is 10.5 Å². The number of aromatic nitrogens is 1. The zero-order valence-electron chi connectivity index (χ0n) is 16.8. The highest BCUT2D eigenvalue weighted by Gasteiger charge is 2.28. The van der Waals surface area contributed by atoms with Gasteiger partial charge in [-0.2, -0.15) is 0 Å². The van der Waals surface area contributed by atoms with Gasteiger partial charge in [-0.15, -0.1) is 0 Å². The molecule has 2 N–H and O–H groups in total. The van der Waals surface area contributed by atoms with E-state index >= 15 is 0 Å². The Labute approximate surface area is 182 Å². The first kappa shape index (κ1) is 19.8. The van der Waals surface area contributed by atoms with Gasteiger partial charge in [0.2, 0.25) is 0 Å². The summed E-state index contributed by atoms with van der Waals surface area (Å²) in [5.41, 5.74) is 7.53. The number of nitrogen functional groups attached to an aromatic ring is 1. The number of nitrogens with zero attached hydrogens (tertiary/aromatic N) is 2. The zero-order valence-corrected chi connectivity index (χ0v) is 17.7. The maximum absolute atomic E-state index is 13.8. The Morgan fingerprint density at radius 2 is 1.50 bits per heavy atom. The summed E-state index contributed by atoms with van der Waals surface area (Å²) in [6.45, 7) is 0. The van der Waals surface area contributed by atoms with Crippen molar-refractivity contribution in [2.75, 3.05) is 12.8 Å². The van der Waals surface area contributed by atoms with Crippen LogP contribution in [-0.2, 0) is 10.0 Å². The molecule has 8 nitrogen and oxygen atoms in total. The standard InChI is InChI=1S/C23H17N3O5S/c1-31-23-17-7-3-2-6-16(17)22-20(21(23)24)18-8-4-5-9-19(18)25(22)32(29,30)15-12-10-14(11-13-15)26(27)28/h2-13H,24H2,1H3. The summed E-state index contributed by atoms with van der Waals surface area (Å²) < 4.78 is 34.5. The molecule has 1 heterocycles. The van der Waals surface area contributed by atoms with E-state index in [0.29, 0.717) is 44.0 Å². The van der Waals surface area contributed by atoms with Crippen LogP contribution in [0.3, 0.4) is 0 Å². The number of fused-ring (bicyclic) bond motifs is 5. The molecule has 5 rings (SSSR count). The molecule has 32 heavy (non-hydrogen) atoms. The fraction of sp³-hybridized carbons (Fsp3) is 0.0435. The average Bonchev–Trinajstić information content (AvgIpc) is 3.16. The summed E-state index contributed by atoms with van der Waals surface area (Å²) in [4.78, 5) is 10.4. The van der Waals surface area contributed by atoms with Crippen molar-refractivity contribution in [3.63, 3.8) is 0 Å². The van der Waals surface area contributed by atoms with Crippen molar-refractivity contribution in [2.24, 2.45) is 0 Å². The Bertz CT molecular complexity index is 1660. The van der Waals surface area contributed by atoms with Gasteiger partial charge >= 0.3 is 0 Å². The van der Waals surface area contributed by atoms with Crippen LogP contribution >= 0.6 is 0 Å². The summed E-state index contributed by atoms with van der Waals surface area (Å²) >= 11 is 0. The molecule has 4 aromatic carbocycles. The molecule has 9 heteroatoms. The average molecular weight is 447 g/mol. The van der Waals surface area contributed by atoms with Gasteiger partial charge in [-0.05, 0) is 18.2 Å². The van der Waals surface area contributed by atoms with Crippen molar-refractivity contribution in [3.05, 3.63) is 82.9 Å². The molecular weight excluding hydrogens is 430 g/mol. The highest BCUT2D eigenvalue weighted by Crippen LogP contribution is 2.45. The largest absolute Gasteiger partial charge is 0.494 e. The Balaban J connectivity index is 1.98. The molecule has 0 bridgehead atoms. The molecule has 0 aliphatic heterocycles. The van der Waals surface area contributed by atoms with Gasteiger partial charge in [-0.1, -0.05) is 42.5 Å². The van der Waals surface area contributed by atoms with E-state index in [1.807, 2.05) is 36.4 Å². The Hall–Kier alpha value is -4.11. The molecule has 0 amide bonds. The fourth-order valence-corrected chi connectivity index (χ4v) is 5.73. The summed E-state index contributed by atoms with van der Waals surface area (Å²) in [6.07, 6.45) is 0. The number of hydrogen-bond acceptors (Lipinski definition) is 6. The second-order valence-electron chi connectivity index (χ2n) is 7.25. The highest BCUT2D eigenvalue weighted by atomic mass is 32.2. The highest BCUT2D eigenvalue weighted by molar-refractivity contribution is 7.90. The van der Waals surface area contributed by atoms with Crippen LogP contribution in [0, 0.1) is 10.1 Å². The number of anilines is 1. The predicted octanol–water partition coefficient (Wildman–Crippen LogP) is 4.68. The molecule has 0 radical (unpaired) electrons. The molecule has 5 aromatic rings. The zero-order chi connectivity index (χ0) is 22.6. The first-order chi connectivity index (χ1) is 15.4. The van der Waals surface area contributed by atoms with Gasteiger partial charge in [0.05, 0.1) is 33.6 Å². The van der Waals surface area contributed by atoms with E-state index in [-0.39, 0.29) is 10.6 Å². The second kappa shape index (κ2) is 6.96. The van der Waals surface area contributed by atoms with E-state index in [1.54, 1.807) is 12.1 Å². The first-order valence-electron chi connectivity index (χ1n) is 9.63. The number of para-hydroxylation sites is 1. The van der Waals surface area contributed by atoms with E-state index in [2.05, 4.69) is 0 Å².